The smallest absolute Gasteiger partial charge is 0.241 e. The number of fused-ring (bicyclic) bond motifs is 1. The van der Waals surface area contributed by atoms with Crippen molar-refractivity contribution >= 4 is 28.3 Å². The van der Waals surface area contributed by atoms with Crippen molar-refractivity contribution in [2.45, 2.75) is 45.9 Å². The Morgan fingerprint density at radius 1 is 1.20 bits per heavy atom. The van der Waals surface area contributed by atoms with E-state index < -0.39 is 0 Å². The Bertz CT molecular complexity index is 788. The fourth-order valence-electron chi connectivity index (χ4n) is 3.34. The number of rotatable bonds is 4. The average Bonchev–Trinajstić information content (AvgIpc) is 2.92. The number of ketones is 1. The molecule has 2 heterocycles. The first-order valence-electron chi connectivity index (χ1n) is 8.59. The molecule has 3 atom stereocenters. The molecule has 6 heteroatoms. The van der Waals surface area contributed by atoms with Gasteiger partial charge in [-0.2, -0.15) is 0 Å². The van der Waals surface area contributed by atoms with Crippen molar-refractivity contribution in [3.8, 4) is 0 Å². The fourth-order valence-corrected chi connectivity index (χ4v) is 3.34. The highest BCUT2D eigenvalue weighted by Gasteiger charge is 2.30. The largest absolute Gasteiger partial charge is 0.451 e. The number of hydrogen-bond acceptors (Lipinski definition) is 5. The van der Waals surface area contributed by atoms with Crippen LogP contribution in [-0.2, 0) is 9.53 Å². The number of ether oxygens (including phenoxy) is 1. The molecule has 6 nitrogen and oxygen atoms in total. The van der Waals surface area contributed by atoms with Crippen LogP contribution in [0.4, 0.5) is 5.69 Å². The van der Waals surface area contributed by atoms with Gasteiger partial charge in [0.15, 0.2) is 11.5 Å². The number of Topliss-reactive ketones (excluding diaryl/α,β-unsaturated/α-hetero) is 1. The normalized spacial score (nSPS) is 22.7. The Morgan fingerprint density at radius 3 is 2.48 bits per heavy atom. The summed E-state index contributed by atoms with van der Waals surface area (Å²) in [4.78, 5) is 26.8. The van der Waals surface area contributed by atoms with Crippen LogP contribution >= 0.6 is 0 Å². The first kappa shape index (κ1) is 17.6. The third kappa shape index (κ3) is 3.60. The summed E-state index contributed by atoms with van der Waals surface area (Å²) in [7, 11) is 0. The monoisotopic (exact) mass is 344 g/mol. The number of carbonyl (C=O) groups excluding carboxylic acids is 2. The predicted octanol–water partition coefficient (Wildman–Crippen LogP) is 3.07. The molecule has 0 bridgehead atoms. The van der Waals surface area contributed by atoms with Crippen LogP contribution in [0.2, 0.25) is 0 Å². The highest BCUT2D eigenvalue weighted by molar-refractivity contribution is 6.11. The van der Waals surface area contributed by atoms with Crippen molar-refractivity contribution < 1.29 is 18.7 Å². The summed E-state index contributed by atoms with van der Waals surface area (Å²) in [5, 5.41) is 3.64. The number of furan rings is 1. The Labute approximate surface area is 147 Å². The first-order chi connectivity index (χ1) is 11.9. The first-order valence-corrected chi connectivity index (χ1v) is 8.59. The molecule has 0 saturated carbocycles. The minimum Gasteiger partial charge on any atom is -0.451 e. The van der Waals surface area contributed by atoms with E-state index in [0.29, 0.717) is 24.4 Å². The maximum absolute atomic E-state index is 12.8. The van der Waals surface area contributed by atoms with Crippen LogP contribution < -0.4 is 5.32 Å². The van der Waals surface area contributed by atoms with Crippen LogP contribution in [0, 0.1) is 0 Å². The van der Waals surface area contributed by atoms with Crippen molar-refractivity contribution in [3.63, 3.8) is 0 Å². The number of nitrogens with one attached hydrogen (secondary N) is 1. The average molecular weight is 344 g/mol. The number of hydrogen-bond donors (Lipinski definition) is 1. The molecule has 25 heavy (non-hydrogen) atoms. The molecule has 1 aromatic heterocycles. The van der Waals surface area contributed by atoms with E-state index in [1.54, 1.807) is 6.07 Å². The molecule has 0 unspecified atom stereocenters. The van der Waals surface area contributed by atoms with E-state index in [0.717, 1.165) is 5.39 Å². The molecular formula is C19H24N2O4. The maximum atomic E-state index is 12.8. The second-order valence-electron chi connectivity index (χ2n) is 6.73. The Balaban J connectivity index is 1.84. The second-order valence-corrected chi connectivity index (χ2v) is 6.73. The van der Waals surface area contributed by atoms with E-state index in [9.17, 15) is 9.59 Å². The van der Waals surface area contributed by atoms with Gasteiger partial charge in [-0.05, 0) is 32.9 Å². The summed E-state index contributed by atoms with van der Waals surface area (Å²) in [6, 6.07) is 6.98. The Kier molecular flexibility index (Phi) is 4.92. The van der Waals surface area contributed by atoms with Crippen molar-refractivity contribution in [2.24, 2.45) is 0 Å². The minimum atomic E-state index is -0.331. The van der Waals surface area contributed by atoms with E-state index >= 15 is 0 Å². The Morgan fingerprint density at radius 2 is 1.84 bits per heavy atom. The third-order valence-electron chi connectivity index (χ3n) is 4.54. The molecule has 2 aromatic rings. The summed E-state index contributed by atoms with van der Waals surface area (Å²) in [6.45, 7) is 8.71. The molecule has 1 saturated heterocycles. The minimum absolute atomic E-state index is 0.0848. The molecule has 3 rings (SSSR count). The van der Waals surface area contributed by atoms with Crippen LogP contribution in [0.25, 0.3) is 11.0 Å². The summed E-state index contributed by atoms with van der Waals surface area (Å²) < 4.78 is 11.4. The van der Waals surface area contributed by atoms with E-state index in [-0.39, 0.29) is 35.7 Å². The molecule has 134 valence electrons. The van der Waals surface area contributed by atoms with E-state index in [4.69, 9.17) is 9.15 Å². The van der Waals surface area contributed by atoms with Crippen LogP contribution in [0.5, 0.6) is 0 Å². The van der Waals surface area contributed by atoms with Crippen LogP contribution in [0.15, 0.2) is 28.7 Å². The molecule has 1 amide bonds. The van der Waals surface area contributed by atoms with Crippen molar-refractivity contribution in [3.05, 3.63) is 30.0 Å². The number of benzene rings is 1. The number of para-hydroxylation sites is 1. The number of anilines is 1. The summed E-state index contributed by atoms with van der Waals surface area (Å²) in [5.41, 5.74) is 1.04. The molecule has 1 aliphatic rings. The number of amides is 1. The van der Waals surface area contributed by atoms with Gasteiger partial charge in [0, 0.05) is 25.4 Å². The number of morpholine rings is 1. The molecule has 0 radical (unpaired) electrons. The van der Waals surface area contributed by atoms with Crippen LogP contribution in [0.3, 0.4) is 0 Å². The highest BCUT2D eigenvalue weighted by Crippen LogP contribution is 2.31. The summed E-state index contributed by atoms with van der Waals surface area (Å²) in [6.07, 6.45) is 0.170. The zero-order valence-corrected chi connectivity index (χ0v) is 15.0. The van der Waals surface area contributed by atoms with Gasteiger partial charge >= 0.3 is 0 Å². The molecule has 0 spiro atoms. The lowest BCUT2D eigenvalue weighted by Gasteiger charge is -2.38. The van der Waals surface area contributed by atoms with Gasteiger partial charge in [-0.1, -0.05) is 12.1 Å². The quantitative estimate of drug-likeness (QED) is 0.863. The van der Waals surface area contributed by atoms with Crippen LogP contribution in [-0.4, -0.2) is 47.9 Å². The van der Waals surface area contributed by atoms with Crippen molar-refractivity contribution in [2.75, 3.05) is 18.4 Å². The lowest BCUT2D eigenvalue weighted by Crippen LogP contribution is -2.52. The third-order valence-corrected chi connectivity index (χ3v) is 4.54. The van der Waals surface area contributed by atoms with Gasteiger partial charge in [0.05, 0.1) is 23.9 Å². The van der Waals surface area contributed by atoms with Gasteiger partial charge in [-0.25, -0.2) is 0 Å². The molecule has 1 aliphatic heterocycles. The molecule has 0 aliphatic carbocycles. The zero-order chi connectivity index (χ0) is 18.1. The maximum Gasteiger partial charge on any atom is 0.241 e. The van der Waals surface area contributed by atoms with Gasteiger partial charge in [-0.15, -0.1) is 0 Å². The summed E-state index contributed by atoms with van der Waals surface area (Å²) in [5.74, 6) is -0.186. The molecular weight excluding hydrogens is 320 g/mol. The number of carbonyl (C=O) groups is 2. The zero-order valence-electron chi connectivity index (χ0n) is 15.0. The van der Waals surface area contributed by atoms with E-state index in [1.165, 1.54) is 6.92 Å². The molecule has 1 N–H and O–H groups in total. The van der Waals surface area contributed by atoms with Crippen molar-refractivity contribution in [1.82, 2.24) is 4.90 Å². The molecule has 1 aromatic carbocycles. The van der Waals surface area contributed by atoms with Crippen molar-refractivity contribution in [1.29, 1.82) is 0 Å². The highest BCUT2D eigenvalue weighted by atomic mass is 16.5. The van der Waals surface area contributed by atoms with Gasteiger partial charge in [0.1, 0.15) is 5.58 Å². The van der Waals surface area contributed by atoms with Gasteiger partial charge in [0.25, 0.3) is 0 Å². The predicted molar refractivity (Wildman–Crippen MR) is 95.9 cm³/mol. The lowest BCUT2D eigenvalue weighted by atomic mass is 10.1. The van der Waals surface area contributed by atoms with E-state index in [1.807, 2.05) is 39.0 Å². The van der Waals surface area contributed by atoms with Gasteiger partial charge in [0.2, 0.25) is 5.91 Å². The van der Waals surface area contributed by atoms with Crippen LogP contribution in [0.1, 0.15) is 38.2 Å². The van der Waals surface area contributed by atoms with Gasteiger partial charge < -0.3 is 14.5 Å². The lowest BCUT2D eigenvalue weighted by molar-refractivity contribution is -0.126. The topological polar surface area (TPSA) is 71.8 Å². The Hall–Kier alpha value is -2.18. The second kappa shape index (κ2) is 6.98. The SMILES string of the molecule is CC(=O)c1oc2ccccc2c1NC(=O)[C@H](C)N1C[C@@H](C)O[C@H](C)C1. The fraction of sp³-hybridized carbons (Fsp3) is 0.474. The summed E-state index contributed by atoms with van der Waals surface area (Å²) >= 11 is 0. The molecule has 1 fully saturated rings. The standard InChI is InChI=1S/C19H24N2O4/c1-11-9-21(10-12(2)24-11)13(3)19(23)20-17-15-7-5-6-8-16(15)25-18(17)14(4)22/h5-8,11-13H,9-10H2,1-4H3,(H,20,23)/t11-,12-,13+/m1/s1. The van der Waals surface area contributed by atoms with Gasteiger partial charge in [-0.3, -0.25) is 14.5 Å². The van der Waals surface area contributed by atoms with E-state index in [2.05, 4.69) is 10.2 Å². The number of nitrogens with zero attached hydrogens (tertiary/aromatic N) is 1.